The van der Waals surface area contributed by atoms with Gasteiger partial charge in [0, 0.05) is 11.6 Å². The normalized spacial score (nSPS) is 10.6. The van der Waals surface area contributed by atoms with Gasteiger partial charge in [-0.1, -0.05) is 12.1 Å². The second-order valence-electron chi connectivity index (χ2n) is 3.59. The van der Waals surface area contributed by atoms with Crippen LogP contribution in [0, 0.1) is 0 Å². The quantitative estimate of drug-likeness (QED) is 0.851. The van der Waals surface area contributed by atoms with E-state index in [1.54, 1.807) is 6.20 Å². The van der Waals surface area contributed by atoms with Crippen LogP contribution in [0.5, 0.6) is 5.75 Å². The molecule has 0 saturated heterocycles. The number of nitrogens with zero attached hydrogens (tertiary/aromatic N) is 1. The molecule has 0 bridgehead atoms. The molecule has 0 aliphatic heterocycles. The number of aromatic nitrogens is 1. The van der Waals surface area contributed by atoms with Crippen LogP contribution in [-0.2, 0) is 6.42 Å². The van der Waals surface area contributed by atoms with Crippen LogP contribution in [0.4, 0.5) is 0 Å². The average molecular weight is 216 g/mol. The minimum atomic E-state index is 0.651. The second-order valence-corrected chi connectivity index (χ2v) is 3.59. The molecule has 0 radical (unpaired) electrons. The Bertz CT molecular complexity index is 438. The lowest BCUT2D eigenvalue weighted by Gasteiger charge is -2.09. The highest BCUT2D eigenvalue weighted by molar-refractivity contribution is 5.87. The lowest BCUT2D eigenvalue weighted by Crippen LogP contribution is -2.04. The molecule has 0 saturated carbocycles. The number of ether oxygens (including phenoxy) is 1. The van der Waals surface area contributed by atoms with Crippen LogP contribution >= 0.6 is 0 Å². The van der Waals surface area contributed by atoms with E-state index in [2.05, 4.69) is 17.1 Å². The first-order valence-corrected chi connectivity index (χ1v) is 5.56. The molecular weight excluding hydrogens is 200 g/mol. The molecule has 2 rings (SSSR count). The largest absolute Gasteiger partial charge is 0.492 e. The number of pyridine rings is 1. The van der Waals surface area contributed by atoms with Crippen LogP contribution in [0.25, 0.3) is 10.9 Å². The Labute approximate surface area is 95.2 Å². The molecular formula is C13H16N2O. The Morgan fingerprint density at radius 3 is 2.94 bits per heavy atom. The summed E-state index contributed by atoms with van der Waals surface area (Å²) in [5.74, 6) is 0.846. The number of hydrogen-bond acceptors (Lipinski definition) is 3. The summed E-state index contributed by atoms with van der Waals surface area (Å²) in [6.07, 6.45) is 2.66. The van der Waals surface area contributed by atoms with Crippen LogP contribution in [0.1, 0.15) is 12.5 Å². The third-order valence-corrected chi connectivity index (χ3v) is 2.54. The Morgan fingerprint density at radius 1 is 1.31 bits per heavy atom. The molecule has 3 heteroatoms. The Kier molecular flexibility index (Phi) is 3.37. The average Bonchev–Trinajstić information content (AvgIpc) is 2.33. The molecule has 0 fully saturated rings. The maximum absolute atomic E-state index is 5.60. The Balaban J connectivity index is 2.57. The van der Waals surface area contributed by atoms with Gasteiger partial charge in [-0.15, -0.1) is 0 Å². The van der Waals surface area contributed by atoms with E-state index in [9.17, 15) is 0 Å². The third-order valence-electron chi connectivity index (χ3n) is 2.54. The molecule has 3 nitrogen and oxygen atoms in total. The van der Waals surface area contributed by atoms with E-state index in [0.717, 1.165) is 23.1 Å². The van der Waals surface area contributed by atoms with E-state index in [0.29, 0.717) is 13.2 Å². The summed E-state index contributed by atoms with van der Waals surface area (Å²) in [7, 11) is 0. The molecule has 0 aliphatic carbocycles. The molecule has 16 heavy (non-hydrogen) atoms. The zero-order valence-electron chi connectivity index (χ0n) is 9.44. The maximum Gasteiger partial charge on any atom is 0.145 e. The summed E-state index contributed by atoms with van der Waals surface area (Å²) < 4.78 is 5.56. The molecule has 1 aromatic heterocycles. The number of hydrogen-bond donors (Lipinski definition) is 1. The first-order valence-electron chi connectivity index (χ1n) is 5.56. The minimum Gasteiger partial charge on any atom is -0.492 e. The van der Waals surface area contributed by atoms with Gasteiger partial charge in [-0.05, 0) is 37.6 Å². The summed E-state index contributed by atoms with van der Waals surface area (Å²) in [6.45, 7) is 3.28. The zero-order chi connectivity index (χ0) is 11.4. The van der Waals surface area contributed by atoms with Crippen molar-refractivity contribution < 1.29 is 4.74 Å². The van der Waals surface area contributed by atoms with Gasteiger partial charge in [0.2, 0.25) is 0 Å². The van der Waals surface area contributed by atoms with Gasteiger partial charge in [-0.25, -0.2) is 0 Å². The SMILES string of the molecule is CCOc1ccc(CCN)c2cccnc12. The molecule has 1 heterocycles. The van der Waals surface area contributed by atoms with Gasteiger partial charge in [0.05, 0.1) is 6.61 Å². The zero-order valence-corrected chi connectivity index (χ0v) is 9.44. The summed E-state index contributed by atoms with van der Waals surface area (Å²) in [5.41, 5.74) is 7.75. The van der Waals surface area contributed by atoms with Crippen molar-refractivity contribution in [3.63, 3.8) is 0 Å². The fourth-order valence-electron chi connectivity index (χ4n) is 1.85. The van der Waals surface area contributed by atoms with Crippen molar-refractivity contribution >= 4 is 10.9 Å². The molecule has 0 atom stereocenters. The number of rotatable bonds is 4. The lowest BCUT2D eigenvalue weighted by molar-refractivity contribution is 0.343. The van der Waals surface area contributed by atoms with Crippen molar-refractivity contribution in [1.29, 1.82) is 0 Å². The molecule has 2 aromatic rings. The predicted octanol–water partition coefficient (Wildman–Crippen LogP) is 2.13. The van der Waals surface area contributed by atoms with Crippen molar-refractivity contribution in [1.82, 2.24) is 4.98 Å². The van der Waals surface area contributed by atoms with Crippen molar-refractivity contribution in [2.24, 2.45) is 5.73 Å². The number of benzene rings is 1. The standard InChI is InChI=1S/C13H16N2O/c1-2-16-12-6-5-10(7-8-14)11-4-3-9-15-13(11)12/h3-6,9H,2,7-8,14H2,1H3. The highest BCUT2D eigenvalue weighted by Crippen LogP contribution is 2.26. The molecule has 0 amide bonds. The van der Waals surface area contributed by atoms with E-state index in [4.69, 9.17) is 10.5 Å². The predicted molar refractivity (Wildman–Crippen MR) is 65.7 cm³/mol. The fourth-order valence-corrected chi connectivity index (χ4v) is 1.85. The molecule has 84 valence electrons. The first kappa shape index (κ1) is 10.9. The third kappa shape index (κ3) is 1.99. The van der Waals surface area contributed by atoms with Crippen molar-refractivity contribution in [2.75, 3.05) is 13.2 Å². The summed E-state index contributed by atoms with van der Waals surface area (Å²) in [5, 5.41) is 1.14. The van der Waals surface area contributed by atoms with Crippen LogP contribution < -0.4 is 10.5 Å². The van der Waals surface area contributed by atoms with Gasteiger partial charge in [0.1, 0.15) is 11.3 Å². The summed E-state index contributed by atoms with van der Waals surface area (Å²) >= 11 is 0. The van der Waals surface area contributed by atoms with Crippen molar-refractivity contribution in [3.05, 3.63) is 36.0 Å². The van der Waals surface area contributed by atoms with E-state index < -0.39 is 0 Å². The van der Waals surface area contributed by atoms with Crippen molar-refractivity contribution in [2.45, 2.75) is 13.3 Å². The topological polar surface area (TPSA) is 48.1 Å². The monoisotopic (exact) mass is 216 g/mol. The Hall–Kier alpha value is -1.61. The van der Waals surface area contributed by atoms with Crippen LogP contribution in [0.3, 0.4) is 0 Å². The molecule has 0 spiro atoms. The smallest absolute Gasteiger partial charge is 0.145 e. The minimum absolute atomic E-state index is 0.651. The van der Waals surface area contributed by atoms with Gasteiger partial charge in [0.25, 0.3) is 0 Å². The number of fused-ring (bicyclic) bond motifs is 1. The first-order chi connectivity index (χ1) is 7.86. The van der Waals surface area contributed by atoms with Gasteiger partial charge in [-0.2, -0.15) is 0 Å². The van der Waals surface area contributed by atoms with E-state index >= 15 is 0 Å². The van der Waals surface area contributed by atoms with Crippen molar-refractivity contribution in [3.8, 4) is 5.75 Å². The number of nitrogens with two attached hydrogens (primary N) is 1. The molecule has 0 unspecified atom stereocenters. The fraction of sp³-hybridized carbons (Fsp3) is 0.308. The highest BCUT2D eigenvalue weighted by Gasteiger charge is 2.06. The van der Waals surface area contributed by atoms with Gasteiger partial charge >= 0.3 is 0 Å². The molecule has 0 aliphatic rings. The second kappa shape index (κ2) is 4.94. The van der Waals surface area contributed by atoms with Crippen LogP contribution in [0.2, 0.25) is 0 Å². The van der Waals surface area contributed by atoms with Gasteiger partial charge in [0.15, 0.2) is 0 Å². The highest BCUT2D eigenvalue weighted by atomic mass is 16.5. The Morgan fingerprint density at radius 2 is 2.19 bits per heavy atom. The van der Waals surface area contributed by atoms with Gasteiger partial charge in [-0.3, -0.25) is 4.98 Å². The molecule has 2 N–H and O–H groups in total. The van der Waals surface area contributed by atoms with E-state index in [-0.39, 0.29) is 0 Å². The van der Waals surface area contributed by atoms with E-state index in [1.165, 1.54) is 5.56 Å². The van der Waals surface area contributed by atoms with E-state index in [1.807, 2.05) is 19.1 Å². The van der Waals surface area contributed by atoms with Crippen LogP contribution in [-0.4, -0.2) is 18.1 Å². The summed E-state index contributed by atoms with van der Waals surface area (Å²) in [4.78, 5) is 4.38. The molecule has 1 aromatic carbocycles. The summed E-state index contributed by atoms with van der Waals surface area (Å²) in [6, 6.07) is 8.06. The lowest BCUT2D eigenvalue weighted by atomic mass is 10.1. The van der Waals surface area contributed by atoms with Gasteiger partial charge < -0.3 is 10.5 Å². The maximum atomic E-state index is 5.60. The van der Waals surface area contributed by atoms with Crippen LogP contribution in [0.15, 0.2) is 30.5 Å².